The zero-order valence-corrected chi connectivity index (χ0v) is 14.7. The lowest BCUT2D eigenvalue weighted by Gasteiger charge is -1.96. The monoisotopic (exact) mass is 373 g/mol. The van der Waals surface area contributed by atoms with E-state index in [0.29, 0.717) is 33.5 Å². The zero-order chi connectivity index (χ0) is 17.2. The van der Waals surface area contributed by atoms with Crippen LogP contribution in [-0.2, 0) is 5.75 Å². The number of benzene rings is 1. The molecule has 0 fully saturated rings. The number of furan rings is 1. The molecule has 0 saturated heterocycles. The van der Waals surface area contributed by atoms with Crippen LogP contribution >= 0.6 is 23.4 Å². The minimum absolute atomic E-state index is 0.431. The Morgan fingerprint density at radius 3 is 2.88 bits per heavy atom. The number of rotatable bonds is 5. The maximum Gasteiger partial charge on any atom is 0.277 e. The summed E-state index contributed by atoms with van der Waals surface area (Å²) in [6.45, 7) is 1.84. The van der Waals surface area contributed by atoms with Crippen molar-refractivity contribution in [3.05, 3.63) is 59.5 Å². The van der Waals surface area contributed by atoms with E-state index in [4.69, 9.17) is 24.9 Å². The van der Waals surface area contributed by atoms with Crippen molar-refractivity contribution in [2.45, 2.75) is 17.9 Å². The van der Waals surface area contributed by atoms with Crippen LogP contribution in [-0.4, -0.2) is 15.2 Å². The molecule has 126 valence electrons. The Kier molecular flexibility index (Phi) is 4.33. The second-order valence-corrected chi connectivity index (χ2v) is 6.54. The van der Waals surface area contributed by atoms with E-state index in [2.05, 4.69) is 15.2 Å². The summed E-state index contributed by atoms with van der Waals surface area (Å²) in [6, 6.07) is 9.22. The van der Waals surface area contributed by atoms with Gasteiger partial charge in [-0.3, -0.25) is 0 Å². The van der Waals surface area contributed by atoms with Crippen LogP contribution in [0.1, 0.15) is 11.7 Å². The fraction of sp³-hybridized carbons (Fsp3) is 0.118. The maximum absolute atomic E-state index is 6.00. The molecule has 0 saturated carbocycles. The molecule has 0 N–H and O–H groups in total. The fourth-order valence-electron chi connectivity index (χ4n) is 2.26. The van der Waals surface area contributed by atoms with Gasteiger partial charge in [-0.25, -0.2) is 4.98 Å². The van der Waals surface area contributed by atoms with E-state index >= 15 is 0 Å². The maximum atomic E-state index is 6.00. The standard InChI is InChI=1S/C17H12ClN3O3S/c1-10-13(5-6-22-10)16-20-21-17(24-16)25-9-15-19-8-14(23-15)11-3-2-4-12(18)7-11/h2-8H,9H2,1H3. The molecule has 3 aromatic heterocycles. The third kappa shape index (κ3) is 3.47. The first-order chi connectivity index (χ1) is 12.2. The molecule has 0 atom stereocenters. The molecule has 6 nitrogen and oxygen atoms in total. The van der Waals surface area contributed by atoms with E-state index in [1.165, 1.54) is 11.8 Å². The van der Waals surface area contributed by atoms with Crippen LogP contribution in [0, 0.1) is 6.92 Å². The molecule has 1 aromatic carbocycles. The molecule has 0 spiro atoms. The first-order valence-corrected chi connectivity index (χ1v) is 8.77. The van der Waals surface area contributed by atoms with Crippen LogP contribution in [0.4, 0.5) is 0 Å². The summed E-state index contributed by atoms with van der Waals surface area (Å²) >= 11 is 7.35. The summed E-state index contributed by atoms with van der Waals surface area (Å²) in [7, 11) is 0. The molecule has 0 aliphatic heterocycles. The quantitative estimate of drug-likeness (QED) is 0.442. The van der Waals surface area contributed by atoms with E-state index in [1.807, 2.05) is 31.2 Å². The molecule has 4 rings (SSSR count). The van der Waals surface area contributed by atoms with Gasteiger partial charge in [0.15, 0.2) is 5.76 Å². The van der Waals surface area contributed by atoms with Gasteiger partial charge in [0, 0.05) is 10.6 Å². The van der Waals surface area contributed by atoms with Gasteiger partial charge >= 0.3 is 0 Å². The fourth-order valence-corrected chi connectivity index (χ4v) is 3.07. The molecule has 0 amide bonds. The van der Waals surface area contributed by atoms with Crippen LogP contribution in [0.5, 0.6) is 0 Å². The van der Waals surface area contributed by atoms with Gasteiger partial charge in [0.1, 0.15) is 5.76 Å². The van der Waals surface area contributed by atoms with Crippen molar-refractivity contribution in [2.24, 2.45) is 0 Å². The van der Waals surface area contributed by atoms with E-state index in [-0.39, 0.29) is 0 Å². The molecule has 0 bridgehead atoms. The summed E-state index contributed by atoms with van der Waals surface area (Å²) in [5, 5.41) is 9.15. The zero-order valence-electron chi connectivity index (χ0n) is 13.1. The Bertz CT molecular complexity index is 1010. The summed E-state index contributed by atoms with van der Waals surface area (Å²) in [6.07, 6.45) is 3.27. The Morgan fingerprint density at radius 2 is 2.08 bits per heavy atom. The lowest BCUT2D eigenvalue weighted by atomic mass is 10.2. The van der Waals surface area contributed by atoms with Crippen molar-refractivity contribution >= 4 is 23.4 Å². The van der Waals surface area contributed by atoms with Gasteiger partial charge in [0.25, 0.3) is 11.1 Å². The van der Waals surface area contributed by atoms with E-state index < -0.39 is 0 Å². The molecule has 0 unspecified atom stereocenters. The van der Waals surface area contributed by atoms with Crippen molar-refractivity contribution in [3.8, 4) is 22.8 Å². The molecule has 0 aliphatic rings. The second kappa shape index (κ2) is 6.78. The number of oxazole rings is 1. The Morgan fingerprint density at radius 1 is 1.16 bits per heavy atom. The third-order valence-electron chi connectivity index (χ3n) is 3.48. The number of aromatic nitrogens is 3. The number of halogens is 1. The average molecular weight is 374 g/mol. The van der Waals surface area contributed by atoms with E-state index in [0.717, 1.165) is 16.9 Å². The van der Waals surface area contributed by atoms with E-state index in [1.54, 1.807) is 18.5 Å². The highest BCUT2D eigenvalue weighted by atomic mass is 35.5. The SMILES string of the molecule is Cc1occc1-c1nnc(SCc2ncc(-c3cccc(Cl)c3)o2)o1. The summed E-state index contributed by atoms with van der Waals surface area (Å²) in [4.78, 5) is 4.27. The molecular weight excluding hydrogens is 362 g/mol. The summed E-state index contributed by atoms with van der Waals surface area (Å²) < 4.78 is 16.6. The van der Waals surface area contributed by atoms with Gasteiger partial charge in [-0.2, -0.15) is 0 Å². The molecule has 3 heterocycles. The van der Waals surface area contributed by atoms with Crippen molar-refractivity contribution in [2.75, 3.05) is 0 Å². The predicted molar refractivity (Wildman–Crippen MR) is 93.2 cm³/mol. The lowest BCUT2D eigenvalue weighted by Crippen LogP contribution is -1.79. The number of hydrogen-bond acceptors (Lipinski definition) is 7. The van der Waals surface area contributed by atoms with Gasteiger partial charge in [-0.05, 0) is 25.1 Å². The highest BCUT2D eigenvalue weighted by Crippen LogP contribution is 2.29. The first kappa shape index (κ1) is 16.0. The minimum atomic E-state index is 0.431. The summed E-state index contributed by atoms with van der Waals surface area (Å²) in [5.41, 5.74) is 1.67. The minimum Gasteiger partial charge on any atom is -0.469 e. The molecular formula is C17H12ClN3O3S. The van der Waals surface area contributed by atoms with Gasteiger partial charge in [-0.1, -0.05) is 35.5 Å². The van der Waals surface area contributed by atoms with Crippen molar-refractivity contribution in [1.82, 2.24) is 15.2 Å². The van der Waals surface area contributed by atoms with Crippen LogP contribution in [0.15, 0.2) is 61.3 Å². The van der Waals surface area contributed by atoms with Crippen LogP contribution in [0.25, 0.3) is 22.8 Å². The Hall–Kier alpha value is -2.51. The summed E-state index contributed by atoms with van der Waals surface area (Å²) in [5.74, 6) is 2.88. The number of hydrogen-bond donors (Lipinski definition) is 0. The second-order valence-electron chi connectivity index (χ2n) is 5.18. The number of aryl methyl sites for hydroxylation is 1. The van der Waals surface area contributed by atoms with Crippen molar-refractivity contribution < 1.29 is 13.3 Å². The average Bonchev–Trinajstić information content (AvgIpc) is 3.33. The molecule has 25 heavy (non-hydrogen) atoms. The molecule has 4 aromatic rings. The smallest absolute Gasteiger partial charge is 0.277 e. The van der Waals surface area contributed by atoms with E-state index in [9.17, 15) is 0 Å². The molecule has 8 heteroatoms. The van der Waals surface area contributed by atoms with Gasteiger partial charge in [0.05, 0.1) is 23.8 Å². The van der Waals surface area contributed by atoms with Crippen LogP contribution in [0.3, 0.4) is 0 Å². The number of nitrogens with zero attached hydrogens (tertiary/aromatic N) is 3. The van der Waals surface area contributed by atoms with Gasteiger partial charge in [-0.15, -0.1) is 10.2 Å². The Balaban J connectivity index is 1.44. The normalized spacial score (nSPS) is 11.1. The highest BCUT2D eigenvalue weighted by molar-refractivity contribution is 7.98. The van der Waals surface area contributed by atoms with Gasteiger partial charge in [0.2, 0.25) is 5.89 Å². The topological polar surface area (TPSA) is 78.1 Å². The van der Waals surface area contributed by atoms with Crippen molar-refractivity contribution in [1.29, 1.82) is 0 Å². The number of thioether (sulfide) groups is 1. The van der Waals surface area contributed by atoms with Crippen LogP contribution in [0.2, 0.25) is 5.02 Å². The van der Waals surface area contributed by atoms with Crippen LogP contribution < -0.4 is 0 Å². The Labute approximate surface area is 152 Å². The van der Waals surface area contributed by atoms with Gasteiger partial charge < -0.3 is 13.3 Å². The molecule has 0 radical (unpaired) electrons. The molecule has 0 aliphatic carbocycles. The first-order valence-electron chi connectivity index (χ1n) is 7.40. The van der Waals surface area contributed by atoms with Crippen molar-refractivity contribution in [3.63, 3.8) is 0 Å². The third-order valence-corrected chi connectivity index (χ3v) is 4.52. The highest BCUT2D eigenvalue weighted by Gasteiger charge is 2.14. The predicted octanol–water partition coefficient (Wildman–Crippen LogP) is 5.24. The lowest BCUT2D eigenvalue weighted by molar-refractivity contribution is 0.462. The largest absolute Gasteiger partial charge is 0.469 e.